The van der Waals surface area contributed by atoms with Crippen LogP contribution in [0.1, 0.15) is 35.1 Å². The lowest BCUT2D eigenvalue weighted by atomic mass is 9.94. The van der Waals surface area contributed by atoms with E-state index in [0.717, 1.165) is 102 Å². The summed E-state index contributed by atoms with van der Waals surface area (Å²) in [6.45, 7) is 8.69. The molecule has 2 atom stereocenters. The Hall–Kier alpha value is -7.70. The van der Waals surface area contributed by atoms with E-state index in [1.807, 2.05) is 12.1 Å². The SMILES string of the molecule is Cc1ccc(N(C2=CC3C(C=C2)Oc2ccc(N(c4ccc(C)cc4C)c4cccc5c4oc4ccccc45)cc2N3C2=CC=CCC2)c2cccc3c2oc2ccccc23)c(C)c1. The van der Waals surface area contributed by atoms with Crippen LogP contribution in [-0.4, -0.2) is 12.1 Å². The van der Waals surface area contributed by atoms with Gasteiger partial charge >= 0.3 is 0 Å². The van der Waals surface area contributed by atoms with Gasteiger partial charge in [-0.25, -0.2) is 0 Å². The Bertz CT molecular complexity index is 3470. The van der Waals surface area contributed by atoms with E-state index in [4.69, 9.17) is 13.6 Å². The minimum atomic E-state index is -0.225. The van der Waals surface area contributed by atoms with Crippen molar-refractivity contribution in [2.45, 2.75) is 52.7 Å². The molecule has 0 bridgehead atoms. The second-order valence-corrected chi connectivity index (χ2v) is 17.4. The molecule has 3 aliphatic rings. The van der Waals surface area contributed by atoms with Crippen molar-refractivity contribution in [2.24, 2.45) is 0 Å². The first-order valence-electron chi connectivity index (χ1n) is 22.3. The van der Waals surface area contributed by atoms with Crippen LogP contribution in [0.5, 0.6) is 5.75 Å². The Morgan fingerprint density at radius 2 is 1.19 bits per heavy atom. The smallest absolute Gasteiger partial charge is 0.159 e. The van der Waals surface area contributed by atoms with Gasteiger partial charge in [0.1, 0.15) is 23.0 Å². The van der Waals surface area contributed by atoms with Crippen LogP contribution in [0.4, 0.5) is 34.1 Å². The third-order valence-electron chi connectivity index (χ3n) is 13.2. The summed E-state index contributed by atoms with van der Waals surface area (Å²) in [6, 6.07) is 49.5. The summed E-state index contributed by atoms with van der Waals surface area (Å²) >= 11 is 0. The first-order valence-corrected chi connectivity index (χ1v) is 22.3. The summed E-state index contributed by atoms with van der Waals surface area (Å²) in [6.07, 6.45) is 15.3. The van der Waals surface area contributed by atoms with E-state index < -0.39 is 0 Å². The molecule has 2 aliphatic carbocycles. The van der Waals surface area contributed by atoms with Gasteiger partial charge in [0.05, 0.1) is 23.1 Å². The van der Waals surface area contributed by atoms with Crippen molar-refractivity contribution in [1.29, 1.82) is 0 Å². The van der Waals surface area contributed by atoms with Gasteiger partial charge in [0.15, 0.2) is 11.2 Å². The molecule has 64 heavy (non-hydrogen) atoms. The van der Waals surface area contributed by atoms with E-state index in [1.54, 1.807) is 0 Å². The Balaban J connectivity index is 1.05. The molecule has 2 aromatic heterocycles. The van der Waals surface area contributed by atoms with E-state index in [-0.39, 0.29) is 12.1 Å². The van der Waals surface area contributed by atoms with Gasteiger partial charge in [0.25, 0.3) is 0 Å². The van der Waals surface area contributed by atoms with Crippen LogP contribution in [0.3, 0.4) is 0 Å². The van der Waals surface area contributed by atoms with Crippen LogP contribution >= 0.6 is 0 Å². The number of furan rings is 2. The van der Waals surface area contributed by atoms with Crippen molar-refractivity contribution in [3.63, 3.8) is 0 Å². The highest BCUT2D eigenvalue weighted by atomic mass is 16.5. The first-order chi connectivity index (χ1) is 31.4. The molecule has 0 N–H and O–H groups in total. The molecule has 312 valence electrons. The molecule has 0 saturated carbocycles. The van der Waals surface area contributed by atoms with Crippen molar-refractivity contribution in [3.8, 4) is 5.75 Å². The number of nitrogens with zero attached hydrogens (tertiary/aromatic N) is 3. The van der Waals surface area contributed by atoms with Gasteiger partial charge in [-0.3, -0.25) is 0 Å². The predicted octanol–water partition coefficient (Wildman–Crippen LogP) is 15.7. The van der Waals surface area contributed by atoms with Crippen LogP contribution in [0.2, 0.25) is 0 Å². The Morgan fingerprint density at radius 1 is 0.578 bits per heavy atom. The van der Waals surface area contributed by atoms with Gasteiger partial charge in [-0.15, -0.1) is 0 Å². The number of allylic oxidation sites excluding steroid dienone is 5. The molecule has 6 nitrogen and oxygen atoms in total. The Kier molecular flexibility index (Phi) is 8.90. The third kappa shape index (κ3) is 6.16. The maximum absolute atomic E-state index is 7.05. The average molecular weight is 834 g/mol. The van der Waals surface area contributed by atoms with Gasteiger partial charge in [-0.05, 0) is 131 Å². The standard InChI is InChI=1S/C58H47N3O3/c1-36-24-28-47(38(3)32-36)60(49-20-12-18-45-43-16-8-10-22-53(43)63-57(45)49)41-26-30-55-51(34-41)59(40-14-6-5-7-15-40)52-35-42(27-31-56(52)62-55)61(48-29-25-37(2)33-39(48)4)50-21-13-19-46-44-17-9-11-23-54(44)64-58(46)50/h5-6,8-14,16-35,51,55H,7,15H2,1-4H3. The third-order valence-corrected chi connectivity index (χ3v) is 13.2. The molecule has 1 aliphatic heterocycles. The number of benzene rings is 7. The number of aryl methyl sites for hydroxylation is 4. The fourth-order valence-corrected chi connectivity index (χ4v) is 10.2. The Morgan fingerprint density at radius 3 is 1.81 bits per heavy atom. The largest absolute Gasteiger partial charge is 0.482 e. The summed E-state index contributed by atoms with van der Waals surface area (Å²) in [5.74, 6) is 0.850. The molecule has 0 amide bonds. The molecular formula is C58H47N3O3. The summed E-state index contributed by atoms with van der Waals surface area (Å²) in [5.41, 5.74) is 16.8. The van der Waals surface area contributed by atoms with E-state index in [2.05, 4.69) is 206 Å². The molecule has 3 heterocycles. The maximum Gasteiger partial charge on any atom is 0.159 e. The van der Waals surface area contributed by atoms with Crippen molar-refractivity contribution >= 4 is 78.0 Å². The Labute approximate surface area is 372 Å². The number of fused-ring (bicyclic) bond motifs is 8. The highest BCUT2D eigenvalue weighted by Gasteiger charge is 2.39. The highest BCUT2D eigenvalue weighted by molar-refractivity contribution is 6.11. The molecule has 12 rings (SSSR count). The van der Waals surface area contributed by atoms with Crippen LogP contribution in [-0.2, 0) is 0 Å². The molecule has 0 spiro atoms. The normalized spacial score (nSPS) is 16.8. The zero-order chi connectivity index (χ0) is 43.1. The van der Waals surface area contributed by atoms with E-state index in [9.17, 15) is 0 Å². The zero-order valence-corrected chi connectivity index (χ0v) is 36.4. The number of para-hydroxylation sites is 4. The number of hydrogen-bond donors (Lipinski definition) is 0. The quantitative estimate of drug-likeness (QED) is 0.159. The second kappa shape index (κ2) is 15.0. The van der Waals surface area contributed by atoms with Crippen LogP contribution in [0.25, 0.3) is 43.9 Å². The van der Waals surface area contributed by atoms with Crippen molar-refractivity contribution < 1.29 is 13.6 Å². The number of hydrogen-bond acceptors (Lipinski definition) is 6. The predicted molar refractivity (Wildman–Crippen MR) is 264 cm³/mol. The fourth-order valence-electron chi connectivity index (χ4n) is 10.2. The molecule has 6 heteroatoms. The fraction of sp³-hybridized carbons (Fsp3) is 0.138. The zero-order valence-electron chi connectivity index (χ0n) is 36.4. The number of ether oxygens (including phenoxy) is 1. The molecule has 0 saturated heterocycles. The molecule has 0 radical (unpaired) electrons. The van der Waals surface area contributed by atoms with Crippen LogP contribution < -0.4 is 19.4 Å². The molecule has 9 aromatic rings. The lowest BCUT2D eigenvalue weighted by molar-refractivity contribution is 0.214. The monoisotopic (exact) mass is 833 g/mol. The average Bonchev–Trinajstić information content (AvgIpc) is 3.90. The summed E-state index contributed by atoms with van der Waals surface area (Å²) in [7, 11) is 0. The molecule has 0 fully saturated rings. The minimum absolute atomic E-state index is 0.156. The van der Waals surface area contributed by atoms with E-state index in [1.165, 1.54) is 28.0 Å². The summed E-state index contributed by atoms with van der Waals surface area (Å²) < 4.78 is 20.5. The van der Waals surface area contributed by atoms with Gasteiger partial charge in [0, 0.05) is 50.0 Å². The van der Waals surface area contributed by atoms with E-state index in [0.29, 0.717) is 0 Å². The van der Waals surface area contributed by atoms with Crippen molar-refractivity contribution in [2.75, 3.05) is 14.7 Å². The topological polar surface area (TPSA) is 45.2 Å². The van der Waals surface area contributed by atoms with Crippen LogP contribution in [0.15, 0.2) is 196 Å². The van der Waals surface area contributed by atoms with Crippen LogP contribution in [0, 0.1) is 27.7 Å². The number of rotatable bonds is 7. The van der Waals surface area contributed by atoms with Gasteiger partial charge in [-0.1, -0.05) is 108 Å². The van der Waals surface area contributed by atoms with Gasteiger partial charge < -0.3 is 28.3 Å². The van der Waals surface area contributed by atoms with Gasteiger partial charge in [0.2, 0.25) is 0 Å². The van der Waals surface area contributed by atoms with Crippen molar-refractivity contribution in [3.05, 3.63) is 210 Å². The summed E-state index contributed by atoms with van der Waals surface area (Å²) in [5, 5.41) is 4.39. The molecule has 2 unspecified atom stereocenters. The van der Waals surface area contributed by atoms with Gasteiger partial charge in [-0.2, -0.15) is 0 Å². The number of anilines is 6. The maximum atomic E-state index is 7.05. The lowest BCUT2D eigenvalue weighted by Gasteiger charge is -2.45. The summed E-state index contributed by atoms with van der Waals surface area (Å²) in [4.78, 5) is 7.27. The van der Waals surface area contributed by atoms with Crippen molar-refractivity contribution in [1.82, 2.24) is 0 Å². The second-order valence-electron chi connectivity index (χ2n) is 17.4. The molecular weight excluding hydrogens is 787 g/mol. The molecule has 7 aromatic carbocycles. The highest BCUT2D eigenvalue weighted by Crippen LogP contribution is 2.50. The minimum Gasteiger partial charge on any atom is -0.482 e. The lowest BCUT2D eigenvalue weighted by Crippen LogP contribution is -2.49. The van der Waals surface area contributed by atoms with E-state index >= 15 is 0 Å². The first kappa shape index (κ1) is 38.0.